The van der Waals surface area contributed by atoms with Crippen molar-refractivity contribution in [2.24, 2.45) is 5.41 Å². The van der Waals surface area contributed by atoms with E-state index in [9.17, 15) is 9.59 Å². The van der Waals surface area contributed by atoms with Gasteiger partial charge in [0, 0.05) is 19.5 Å². The second kappa shape index (κ2) is 5.65. The topological polar surface area (TPSA) is 49.4 Å². The summed E-state index contributed by atoms with van der Waals surface area (Å²) in [5.74, 6) is -0.0501. The minimum Gasteiger partial charge on any atom is -0.352 e. The van der Waals surface area contributed by atoms with Crippen LogP contribution in [-0.2, 0) is 9.59 Å². The molecule has 1 saturated heterocycles. The summed E-state index contributed by atoms with van der Waals surface area (Å²) >= 11 is 0. The highest BCUT2D eigenvalue weighted by atomic mass is 16.2. The first-order valence-corrected chi connectivity index (χ1v) is 7.00. The van der Waals surface area contributed by atoms with E-state index >= 15 is 0 Å². The average molecular weight is 274 g/mol. The molecule has 1 aromatic carbocycles. The molecule has 2 rings (SSSR count). The molecule has 0 aromatic heterocycles. The molecule has 1 N–H and O–H groups in total. The number of nitrogens with one attached hydrogen (secondary N) is 1. The number of amides is 2. The summed E-state index contributed by atoms with van der Waals surface area (Å²) in [5.41, 5.74) is 0.790. The number of carbonyl (C=O) groups excluding carboxylic acids is 2. The zero-order chi connectivity index (χ0) is 14.8. The van der Waals surface area contributed by atoms with E-state index in [2.05, 4.69) is 5.32 Å². The third-order valence-electron chi connectivity index (χ3n) is 3.33. The lowest BCUT2D eigenvalue weighted by Gasteiger charge is -2.36. The summed E-state index contributed by atoms with van der Waals surface area (Å²) in [4.78, 5) is 26.4. The van der Waals surface area contributed by atoms with Crippen LogP contribution in [0.1, 0.15) is 38.8 Å². The Balaban J connectivity index is 2.25. The van der Waals surface area contributed by atoms with E-state index in [1.165, 1.54) is 0 Å². The summed E-state index contributed by atoms with van der Waals surface area (Å²) in [7, 11) is 0. The number of rotatable bonds is 2. The fourth-order valence-corrected chi connectivity index (χ4v) is 2.46. The molecule has 4 nitrogen and oxygen atoms in total. The Labute approximate surface area is 120 Å². The molecule has 1 aliphatic rings. The first kappa shape index (κ1) is 14.6. The van der Waals surface area contributed by atoms with Crippen LogP contribution in [0.25, 0.3) is 0 Å². The Kier molecular flexibility index (Phi) is 4.12. The van der Waals surface area contributed by atoms with Gasteiger partial charge in [-0.1, -0.05) is 51.1 Å². The van der Waals surface area contributed by atoms with Gasteiger partial charge >= 0.3 is 0 Å². The summed E-state index contributed by atoms with van der Waals surface area (Å²) in [6.45, 7) is 7.20. The minimum atomic E-state index is -0.500. The van der Waals surface area contributed by atoms with Crippen molar-refractivity contribution in [3.05, 3.63) is 35.9 Å². The van der Waals surface area contributed by atoms with Crippen molar-refractivity contribution in [2.45, 2.75) is 33.2 Å². The highest BCUT2D eigenvalue weighted by Crippen LogP contribution is 2.27. The van der Waals surface area contributed by atoms with Crippen molar-refractivity contribution < 1.29 is 9.59 Å². The number of hydrogen-bond donors (Lipinski definition) is 1. The van der Waals surface area contributed by atoms with Gasteiger partial charge in [0.2, 0.25) is 11.8 Å². The molecule has 1 aromatic rings. The lowest BCUT2D eigenvalue weighted by molar-refractivity contribution is -0.144. The first-order valence-electron chi connectivity index (χ1n) is 7.00. The fraction of sp³-hybridized carbons (Fsp3) is 0.500. The van der Waals surface area contributed by atoms with Gasteiger partial charge < -0.3 is 10.2 Å². The molecule has 1 unspecified atom stereocenters. The molecule has 0 saturated carbocycles. The number of hydrogen-bond acceptors (Lipinski definition) is 2. The van der Waals surface area contributed by atoms with Gasteiger partial charge in [0.05, 0.1) is 0 Å². The lowest BCUT2D eigenvalue weighted by Crippen LogP contribution is -2.52. The van der Waals surface area contributed by atoms with Crippen LogP contribution < -0.4 is 5.32 Å². The van der Waals surface area contributed by atoms with Crippen molar-refractivity contribution in [1.29, 1.82) is 0 Å². The van der Waals surface area contributed by atoms with Crippen LogP contribution >= 0.6 is 0 Å². The van der Waals surface area contributed by atoms with Gasteiger partial charge in [0.25, 0.3) is 0 Å². The molecule has 1 heterocycles. The summed E-state index contributed by atoms with van der Waals surface area (Å²) in [6, 6.07) is 8.98. The predicted molar refractivity (Wildman–Crippen MR) is 78.0 cm³/mol. The van der Waals surface area contributed by atoms with Gasteiger partial charge in [0.1, 0.15) is 6.04 Å². The second-order valence-electron chi connectivity index (χ2n) is 6.43. The number of benzene rings is 1. The summed E-state index contributed by atoms with van der Waals surface area (Å²) in [6.07, 6.45) is 0.448. The molecule has 20 heavy (non-hydrogen) atoms. The quantitative estimate of drug-likeness (QED) is 0.898. The van der Waals surface area contributed by atoms with E-state index in [0.717, 1.165) is 5.56 Å². The molecule has 2 amide bonds. The lowest BCUT2D eigenvalue weighted by atomic mass is 9.90. The summed E-state index contributed by atoms with van der Waals surface area (Å²) < 4.78 is 0. The standard InChI is InChI=1S/C16H22N2O2/c1-16(2,3)11-13(19)18-10-9-17-15(20)14(18)12-7-5-4-6-8-12/h4-8,14H,9-11H2,1-3H3,(H,17,20). The molecule has 0 aliphatic carbocycles. The molecule has 0 radical (unpaired) electrons. The van der Waals surface area contributed by atoms with Gasteiger partial charge in [-0.25, -0.2) is 0 Å². The van der Waals surface area contributed by atoms with Crippen molar-refractivity contribution >= 4 is 11.8 Å². The number of nitrogens with zero attached hydrogens (tertiary/aromatic N) is 1. The Bertz CT molecular complexity index is 491. The van der Waals surface area contributed by atoms with Crippen LogP contribution in [0.3, 0.4) is 0 Å². The molecule has 108 valence electrons. The van der Waals surface area contributed by atoms with Crippen molar-refractivity contribution in [2.75, 3.05) is 13.1 Å². The zero-order valence-electron chi connectivity index (χ0n) is 12.3. The van der Waals surface area contributed by atoms with Crippen LogP contribution in [0.2, 0.25) is 0 Å². The van der Waals surface area contributed by atoms with Crippen LogP contribution in [0.4, 0.5) is 0 Å². The van der Waals surface area contributed by atoms with Gasteiger partial charge in [-0.3, -0.25) is 9.59 Å². The Morgan fingerprint density at radius 1 is 1.30 bits per heavy atom. The maximum Gasteiger partial charge on any atom is 0.247 e. The van der Waals surface area contributed by atoms with Crippen LogP contribution in [0.15, 0.2) is 30.3 Å². The smallest absolute Gasteiger partial charge is 0.247 e. The molecular formula is C16H22N2O2. The predicted octanol–water partition coefficient (Wildman–Crippen LogP) is 2.12. The fourth-order valence-electron chi connectivity index (χ4n) is 2.46. The summed E-state index contributed by atoms with van der Waals surface area (Å²) in [5, 5.41) is 2.85. The third-order valence-corrected chi connectivity index (χ3v) is 3.33. The molecular weight excluding hydrogens is 252 g/mol. The van der Waals surface area contributed by atoms with E-state index in [1.807, 2.05) is 51.1 Å². The monoisotopic (exact) mass is 274 g/mol. The Morgan fingerprint density at radius 2 is 1.95 bits per heavy atom. The molecule has 0 bridgehead atoms. The molecule has 1 fully saturated rings. The number of carbonyl (C=O) groups is 2. The van der Waals surface area contributed by atoms with Crippen LogP contribution in [0.5, 0.6) is 0 Å². The van der Waals surface area contributed by atoms with Crippen LogP contribution in [0, 0.1) is 5.41 Å². The maximum atomic E-state index is 12.5. The SMILES string of the molecule is CC(C)(C)CC(=O)N1CCNC(=O)C1c1ccccc1. The Morgan fingerprint density at radius 3 is 2.55 bits per heavy atom. The minimum absolute atomic E-state index is 0.0428. The van der Waals surface area contributed by atoms with E-state index in [4.69, 9.17) is 0 Å². The van der Waals surface area contributed by atoms with Gasteiger partial charge in [-0.05, 0) is 11.0 Å². The maximum absolute atomic E-state index is 12.5. The first-order chi connectivity index (χ1) is 9.38. The molecule has 1 atom stereocenters. The van der Waals surface area contributed by atoms with Gasteiger partial charge in [-0.15, -0.1) is 0 Å². The third kappa shape index (κ3) is 3.38. The van der Waals surface area contributed by atoms with Crippen molar-refractivity contribution in [1.82, 2.24) is 10.2 Å². The van der Waals surface area contributed by atoms with Gasteiger partial charge in [-0.2, -0.15) is 0 Å². The van der Waals surface area contributed by atoms with E-state index in [-0.39, 0.29) is 17.2 Å². The largest absolute Gasteiger partial charge is 0.352 e. The Hall–Kier alpha value is -1.84. The second-order valence-corrected chi connectivity index (χ2v) is 6.43. The van der Waals surface area contributed by atoms with Crippen molar-refractivity contribution in [3.8, 4) is 0 Å². The highest BCUT2D eigenvalue weighted by Gasteiger charge is 2.35. The van der Waals surface area contributed by atoms with E-state index in [0.29, 0.717) is 19.5 Å². The van der Waals surface area contributed by atoms with Crippen molar-refractivity contribution in [3.63, 3.8) is 0 Å². The normalized spacial score (nSPS) is 19.6. The highest BCUT2D eigenvalue weighted by molar-refractivity contribution is 5.90. The zero-order valence-corrected chi connectivity index (χ0v) is 12.3. The van der Waals surface area contributed by atoms with Crippen LogP contribution in [-0.4, -0.2) is 29.8 Å². The van der Waals surface area contributed by atoms with E-state index in [1.54, 1.807) is 4.90 Å². The molecule has 0 spiro atoms. The average Bonchev–Trinajstić information content (AvgIpc) is 2.37. The van der Waals surface area contributed by atoms with Gasteiger partial charge in [0.15, 0.2) is 0 Å². The molecule has 1 aliphatic heterocycles. The van der Waals surface area contributed by atoms with E-state index < -0.39 is 6.04 Å². The molecule has 4 heteroatoms. The number of piperazine rings is 1.